The first-order valence-electron chi connectivity index (χ1n) is 7.44. The minimum Gasteiger partial charge on any atom is -0.323 e. The van der Waals surface area contributed by atoms with E-state index in [0.717, 1.165) is 31.5 Å². The minimum atomic E-state index is -0.210. The van der Waals surface area contributed by atoms with E-state index < -0.39 is 0 Å². The van der Waals surface area contributed by atoms with Crippen LogP contribution >= 0.6 is 0 Å². The van der Waals surface area contributed by atoms with Crippen molar-refractivity contribution in [2.24, 2.45) is 17.6 Å². The molecule has 19 heavy (non-hydrogen) atoms. The molecule has 0 aromatic heterocycles. The number of nitrogens with two attached hydrogens (primary N) is 1. The SMILES string of the molecule is NC(CN(CC1CC1)CC1CC1)c1ccccc1F. The lowest BCUT2D eigenvalue weighted by Crippen LogP contribution is -2.35. The highest BCUT2D eigenvalue weighted by atomic mass is 19.1. The zero-order valence-corrected chi connectivity index (χ0v) is 11.4. The molecule has 1 unspecified atom stereocenters. The third-order valence-corrected chi connectivity index (χ3v) is 4.19. The molecule has 2 aliphatic carbocycles. The fourth-order valence-corrected chi connectivity index (χ4v) is 2.71. The normalized spacial score (nSPS) is 20.8. The molecule has 1 aromatic carbocycles. The number of rotatable bonds is 7. The van der Waals surface area contributed by atoms with Crippen LogP contribution < -0.4 is 5.73 Å². The van der Waals surface area contributed by atoms with Gasteiger partial charge in [0.25, 0.3) is 0 Å². The van der Waals surface area contributed by atoms with Crippen molar-refractivity contribution in [1.82, 2.24) is 4.90 Å². The standard InChI is InChI=1S/C16H23FN2/c17-15-4-2-1-3-14(15)16(18)11-19(9-12-5-6-12)10-13-7-8-13/h1-4,12-13,16H,5-11,18H2. The third kappa shape index (κ3) is 3.77. The molecule has 1 atom stereocenters. The number of hydrogen-bond acceptors (Lipinski definition) is 2. The smallest absolute Gasteiger partial charge is 0.128 e. The van der Waals surface area contributed by atoms with Gasteiger partial charge in [0.15, 0.2) is 0 Å². The maximum atomic E-state index is 13.7. The summed E-state index contributed by atoms with van der Waals surface area (Å²) in [5, 5.41) is 0. The number of nitrogens with zero attached hydrogens (tertiary/aromatic N) is 1. The maximum absolute atomic E-state index is 13.7. The van der Waals surface area contributed by atoms with Gasteiger partial charge in [0.05, 0.1) is 0 Å². The first-order valence-corrected chi connectivity index (χ1v) is 7.44. The van der Waals surface area contributed by atoms with E-state index in [-0.39, 0.29) is 11.9 Å². The van der Waals surface area contributed by atoms with E-state index in [1.165, 1.54) is 31.7 Å². The Balaban J connectivity index is 1.60. The van der Waals surface area contributed by atoms with Crippen LogP contribution in [0, 0.1) is 17.7 Å². The highest BCUT2D eigenvalue weighted by Crippen LogP contribution is 2.34. The van der Waals surface area contributed by atoms with Gasteiger partial charge in [-0.25, -0.2) is 4.39 Å². The molecule has 0 spiro atoms. The van der Waals surface area contributed by atoms with E-state index in [0.29, 0.717) is 5.56 Å². The second-order valence-electron chi connectivity index (χ2n) is 6.23. The average molecular weight is 262 g/mol. The first kappa shape index (κ1) is 13.1. The van der Waals surface area contributed by atoms with Gasteiger partial charge in [-0.3, -0.25) is 0 Å². The van der Waals surface area contributed by atoms with Crippen LogP contribution in [0.25, 0.3) is 0 Å². The Morgan fingerprint density at radius 3 is 2.21 bits per heavy atom. The van der Waals surface area contributed by atoms with Crippen molar-refractivity contribution >= 4 is 0 Å². The molecule has 3 rings (SSSR count). The van der Waals surface area contributed by atoms with E-state index in [1.54, 1.807) is 6.07 Å². The molecule has 0 aliphatic heterocycles. The Labute approximate surface area is 114 Å². The fourth-order valence-electron chi connectivity index (χ4n) is 2.71. The van der Waals surface area contributed by atoms with Crippen molar-refractivity contribution in [3.05, 3.63) is 35.6 Å². The van der Waals surface area contributed by atoms with Gasteiger partial charge in [-0.2, -0.15) is 0 Å². The molecule has 104 valence electrons. The largest absolute Gasteiger partial charge is 0.323 e. The van der Waals surface area contributed by atoms with Gasteiger partial charge in [-0.1, -0.05) is 18.2 Å². The van der Waals surface area contributed by atoms with Gasteiger partial charge in [0.2, 0.25) is 0 Å². The molecule has 0 bridgehead atoms. The van der Waals surface area contributed by atoms with E-state index in [9.17, 15) is 4.39 Å². The van der Waals surface area contributed by atoms with Crippen LogP contribution in [-0.2, 0) is 0 Å². The quantitative estimate of drug-likeness (QED) is 0.818. The molecular weight excluding hydrogens is 239 g/mol. The highest BCUT2D eigenvalue weighted by Gasteiger charge is 2.30. The van der Waals surface area contributed by atoms with Gasteiger partial charge in [-0.15, -0.1) is 0 Å². The summed E-state index contributed by atoms with van der Waals surface area (Å²) in [6, 6.07) is 6.69. The van der Waals surface area contributed by atoms with Crippen LogP contribution in [-0.4, -0.2) is 24.5 Å². The van der Waals surface area contributed by atoms with Gasteiger partial charge < -0.3 is 10.6 Å². The molecule has 2 aliphatic rings. The topological polar surface area (TPSA) is 29.3 Å². The molecule has 2 N–H and O–H groups in total. The van der Waals surface area contributed by atoms with Crippen molar-refractivity contribution in [2.75, 3.05) is 19.6 Å². The molecule has 0 saturated heterocycles. The van der Waals surface area contributed by atoms with Gasteiger partial charge in [0, 0.05) is 31.2 Å². The van der Waals surface area contributed by atoms with Crippen LogP contribution in [0.15, 0.2) is 24.3 Å². The summed E-state index contributed by atoms with van der Waals surface area (Å²) in [6.45, 7) is 3.09. The Hall–Kier alpha value is -0.930. The molecule has 2 fully saturated rings. The molecule has 3 heteroatoms. The number of hydrogen-bond donors (Lipinski definition) is 1. The summed E-state index contributed by atoms with van der Waals surface area (Å²) in [5.41, 5.74) is 6.86. The van der Waals surface area contributed by atoms with Gasteiger partial charge in [0.1, 0.15) is 5.82 Å². The van der Waals surface area contributed by atoms with Crippen LogP contribution in [0.4, 0.5) is 4.39 Å². The molecular formula is C16H23FN2. The molecule has 1 aromatic rings. The lowest BCUT2D eigenvalue weighted by atomic mass is 10.1. The van der Waals surface area contributed by atoms with Crippen molar-refractivity contribution in [3.63, 3.8) is 0 Å². The Bertz CT molecular complexity index is 413. The van der Waals surface area contributed by atoms with Gasteiger partial charge in [-0.05, 0) is 43.6 Å². The van der Waals surface area contributed by atoms with Crippen LogP contribution in [0.1, 0.15) is 37.3 Å². The predicted octanol–water partition coefficient (Wildman–Crippen LogP) is 2.95. The summed E-state index contributed by atoms with van der Waals surface area (Å²) >= 11 is 0. The van der Waals surface area contributed by atoms with Crippen LogP contribution in [0.5, 0.6) is 0 Å². The summed E-state index contributed by atoms with van der Waals surface area (Å²) in [7, 11) is 0. The highest BCUT2D eigenvalue weighted by molar-refractivity contribution is 5.21. The fraction of sp³-hybridized carbons (Fsp3) is 0.625. The second kappa shape index (κ2) is 5.59. The van der Waals surface area contributed by atoms with E-state index >= 15 is 0 Å². The summed E-state index contributed by atoms with van der Waals surface area (Å²) in [6.07, 6.45) is 5.43. The van der Waals surface area contributed by atoms with Crippen molar-refractivity contribution in [1.29, 1.82) is 0 Å². The zero-order chi connectivity index (χ0) is 13.2. The summed E-state index contributed by atoms with van der Waals surface area (Å²) < 4.78 is 13.7. The average Bonchev–Trinajstić information content (AvgIpc) is 3.25. The monoisotopic (exact) mass is 262 g/mol. The Morgan fingerprint density at radius 2 is 1.68 bits per heavy atom. The van der Waals surface area contributed by atoms with Crippen molar-refractivity contribution in [3.8, 4) is 0 Å². The van der Waals surface area contributed by atoms with Gasteiger partial charge >= 0.3 is 0 Å². The predicted molar refractivity (Wildman–Crippen MR) is 75.2 cm³/mol. The number of benzene rings is 1. The van der Waals surface area contributed by atoms with E-state index in [1.807, 2.05) is 12.1 Å². The van der Waals surface area contributed by atoms with E-state index in [4.69, 9.17) is 5.73 Å². The lowest BCUT2D eigenvalue weighted by molar-refractivity contribution is 0.236. The Kier molecular flexibility index (Phi) is 3.85. The van der Waals surface area contributed by atoms with Crippen LogP contribution in [0.3, 0.4) is 0 Å². The zero-order valence-electron chi connectivity index (χ0n) is 11.4. The lowest BCUT2D eigenvalue weighted by Gasteiger charge is -2.26. The number of halogens is 1. The first-order chi connectivity index (χ1) is 9.22. The molecule has 0 amide bonds. The van der Waals surface area contributed by atoms with Crippen molar-refractivity contribution in [2.45, 2.75) is 31.7 Å². The Morgan fingerprint density at radius 1 is 1.11 bits per heavy atom. The molecule has 2 saturated carbocycles. The van der Waals surface area contributed by atoms with Crippen LogP contribution in [0.2, 0.25) is 0 Å². The second-order valence-corrected chi connectivity index (χ2v) is 6.23. The molecule has 2 nitrogen and oxygen atoms in total. The van der Waals surface area contributed by atoms with E-state index in [2.05, 4.69) is 4.90 Å². The maximum Gasteiger partial charge on any atom is 0.128 e. The summed E-state index contributed by atoms with van der Waals surface area (Å²) in [4.78, 5) is 2.46. The summed E-state index contributed by atoms with van der Waals surface area (Å²) in [5.74, 6) is 1.56. The van der Waals surface area contributed by atoms with Crippen molar-refractivity contribution < 1.29 is 4.39 Å². The molecule has 0 heterocycles. The minimum absolute atomic E-state index is 0.173. The third-order valence-electron chi connectivity index (χ3n) is 4.19. The molecule has 0 radical (unpaired) electrons.